The third-order valence-corrected chi connectivity index (χ3v) is 1.76. The Bertz CT molecular complexity index is 218. The van der Waals surface area contributed by atoms with Gasteiger partial charge in [-0.05, 0) is 24.6 Å². The molecular weight excluding hydrogens is 138 g/mol. The van der Waals surface area contributed by atoms with Crippen LogP contribution in [0, 0.1) is 0 Å². The Morgan fingerprint density at radius 1 is 1.45 bits per heavy atom. The van der Waals surface area contributed by atoms with Crippen LogP contribution in [0.4, 0.5) is 0 Å². The number of hydrogen-bond acceptors (Lipinski definition) is 3. The molecule has 4 N–H and O–H groups in total. The van der Waals surface area contributed by atoms with Gasteiger partial charge in [0.1, 0.15) is 0 Å². The van der Waals surface area contributed by atoms with E-state index in [0.29, 0.717) is 6.54 Å². The average Bonchev–Trinajstić information content (AvgIpc) is 2.06. The molecule has 1 aromatic heterocycles. The van der Waals surface area contributed by atoms with Crippen LogP contribution < -0.4 is 11.5 Å². The highest BCUT2D eigenvalue weighted by Gasteiger charge is 2.17. The number of nitrogens with zero attached hydrogens (tertiary/aromatic N) is 1. The van der Waals surface area contributed by atoms with Gasteiger partial charge in [-0.2, -0.15) is 0 Å². The van der Waals surface area contributed by atoms with Crippen molar-refractivity contribution in [2.75, 3.05) is 6.54 Å². The molecule has 0 saturated heterocycles. The maximum atomic E-state index is 5.88. The fraction of sp³-hybridized carbons (Fsp3) is 0.375. The average molecular weight is 151 g/mol. The highest BCUT2D eigenvalue weighted by molar-refractivity contribution is 5.20. The molecule has 0 radical (unpaired) electrons. The second-order valence-corrected chi connectivity index (χ2v) is 2.86. The molecule has 0 aliphatic rings. The Balaban J connectivity index is 2.93. The first-order chi connectivity index (χ1) is 5.17. The third kappa shape index (κ3) is 1.76. The lowest BCUT2D eigenvalue weighted by Crippen LogP contribution is -2.40. The fourth-order valence-corrected chi connectivity index (χ4v) is 0.851. The van der Waals surface area contributed by atoms with Crippen LogP contribution in [0.3, 0.4) is 0 Å². The Labute approximate surface area is 66.4 Å². The van der Waals surface area contributed by atoms with Gasteiger partial charge in [-0.25, -0.2) is 0 Å². The Morgan fingerprint density at radius 3 is 2.45 bits per heavy atom. The van der Waals surface area contributed by atoms with Crippen molar-refractivity contribution in [2.24, 2.45) is 11.5 Å². The molecule has 11 heavy (non-hydrogen) atoms. The minimum absolute atomic E-state index is 0.428. The summed E-state index contributed by atoms with van der Waals surface area (Å²) in [5, 5.41) is 0. The molecule has 0 aromatic carbocycles. The second-order valence-electron chi connectivity index (χ2n) is 2.86. The van der Waals surface area contributed by atoms with Gasteiger partial charge in [0.15, 0.2) is 0 Å². The molecule has 0 bridgehead atoms. The smallest absolute Gasteiger partial charge is 0.0506 e. The van der Waals surface area contributed by atoms with E-state index in [4.69, 9.17) is 11.5 Å². The van der Waals surface area contributed by atoms with Gasteiger partial charge in [0.05, 0.1) is 5.54 Å². The van der Waals surface area contributed by atoms with E-state index in [-0.39, 0.29) is 0 Å². The molecule has 0 aliphatic heterocycles. The molecule has 1 aromatic rings. The third-order valence-electron chi connectivity index (χ3n) is 1.76. The molecule has 0 aliphatic carbocycles. The van der Waals surface area contributed by atoms with Gasteiger partial charge >= 0.3 is 0 Å². The zero-order valence-corrected chi connectivity index (χ0v) is 6.62. The van der Waals surface area contributed by atoms with Crippen molar-refractivity contribution in [1.29, 1.82) is 0 Å². The monoisotopic (exact) mass is 151 g/mol. The first-order valence-electron chi connectivity index (χ1n) is 3.56. The molecule has 1 heterocycles. The van der Waals surface area contributed by atoms with Crippen molar-refractivity contribution >= 4 is 0 Å². The summed E-state index contributed by atoms with van der Waals surface area (Å²) in [6.45, 7) is 2.35. The topological polar surface area (TPSA) is 64.9 Å². The number of aromatic nitrogens is 1. The van der Waals surface area contributed by atoms with Gasteiger partial charge < -0.3 is 11.5 Å². The summed E-state index contributed by atoms with van der Waals surface area (Å²) >= 11 is 0. The summed E-state index contributed by atoms with van der Waals surface area (Å²) in [7, 11) is 0. The molecular formula is C8H13N3. The largest absolute Gasteiger partial charge is 0.328 e. The molecule has 1 unspecified atom stereocenters. The SMILES string of the molecule is CC(N)(CN)c1ccncc1. The zero-order valence-electron chi connectivity index (χ0n) is 6.62. The number of rotatable bonds is 2. The van der Waals surface area contributed by atoms with Crippen LogP contribution in [0.15, 0.2) is 24.5 Å². The van der Waals surface area contributed by atoms with Crippen molar-refractivity contribution in [3.05, 3.63) is 30.1 Å². The van der Waals surface area contributed by atoms with Crippen LogP contribution in [-0.2, 0) is 5.54 Å². The maximum Gasteiger partial charge on any atom is 0.0506 e. The van der Waals surface area contributed by atoms with Crippen LogP contribution in [0.5, 0.6) is 0 Å². The molecule has 1 rings (SSSR count). The van der Waals surface area contributed by atoms with Crippen molar-refractivity contribution in [3.8, 4) is 0 Å². The Morgan fingerprint density at radius 2 is 2.00 bits per heavy atom. The lowest BCUT2D eigenvalue weighted by Gasteiger charge is -2.22. The Hall–Kier alpha value is -0.930. The predicted molar refractivity (Wildman–Crippen MR) is 44.8 cm³/mol. The van der Waals surface area contributed by atoms with E-state index in [1.54, 1.807) is 12.4 Å². The number of pyridine rings is 1. The first kappa shape index (κ1) is 8.17. The van der Waals surface area contributed by atoms with Gasteiger partial charge in [0, 0.05) is 18.9 Å². The standard InChI is InChI=1S/C8H13N3/c1-8(10,6-9)7-2-4-11-5-3-7/h2-5H,6,9-10H2,1H3. The maximum absolute atomic E-state index is 5.88. The molecule has 0 amide bonds. The lowest BCUT2D eigenvalue weighted by molar-refractivity contribution is 0.507. The minimum atomic E-state index is -0.428. The van der Waals surface area contributed by atoms with Crippen molar-refractivity contribution in [2.45, 2.75) is 12.5 Å². The van der Waals surface area contributed by atoms with Crippen molar-refractivity contribution < 1.29 is 0 Å². The molecule has 1 atom stereocenters. The van der Waals surface area contributed by atoms with Crippen LogP contribution in [0.1, 0.15) is 12.5 Å². The molecule has 3 heteroatoms. The summed E-state index contributed by atoms with van der Waals surface area (Å²) < 4.78 is 0. The van der Waals surface area contributed by atoms with Crippen molar-refractivity contribution in [1.82, 2.24) is 4.98 Å². The van der Waals surface area contributed by atoms with Crippen LogP contribution in [-0.4, -0.2) is 11.5 Å². The van der Waals surface area contributed by atoms with E-state index < -0.39 is 5.54 Å². The van der Waals surface area contributed by atoms with Gasteiger partial charge in [-0.15, -0.1) is 0 Å². The van der Waals surface area contributed by atoms with E-state index in [2.05, 4.69) is 4.98 Å². The van der Waals surface area contributed by atoms with E-state index >= 15 is 0 Å². The summed E-state index contributed by atoms with van der Waals surface area (Å²) in [5.41, 5.74) is 12.0. The molecule has 0 saturated carbocycles. The molecule has 0 spiro atoms. The highest BCUT2D eigenvalue weighted by atomic mass is 14.8. The van der Waals surface area contributed by atoms with Crippen LogP contribution in [0.2, 0.25) is 0 Å². The highest BCUT2D eigenvalue weighted by Crippen LogP contribution is 2.13. The Kier molecular flexibility index (Phi) is 2.22. The summed E-state index contributed by atoms with van der Waals surface area (Å²) in [6.07, 6.45) is 3.44. The van der Waals surface area contributed by atoms with Crippen LogP contribution >= 0.6 is 0 Å². The van der Waals surface area contributed by atoms with E-state index in [0.717, 1.165) is 5.56 Å². The normalized spacial score (nSPS) is 15.9. The minimum Gasteiger partial charge on any atom is -0.328 e. The first-order valence-corrected chi connectivity index (χ1v) is 3.56. The van der Waals surface area contributed by atoms with Gasteiger partial charge in [0.25, 0.3) is 0 Å². The molecule has 60 valence electrons. The van der Waals surface area contributed by atoms with E-state index in [1.165, 1.54) is 0 Å². The predicted octanol–water partition coefficient (Wildman–Crippen LogP) is 0.214. The van der Waals surface area contributed by atoms with Gasteiger partial charge in [-0.1, -0.05) is 0 Å². The summed E-state index contributed by atoms with van der Waals surface area (Å²) in [6, 6.07) is 3.76. The van der Waals surface area contributed by atoms with E-state index in [1.807, 2.05) is 19.1 Å². The van der Waals surface area contributed by atoms with Gasteiger partial charge in [-0.3, -0.25) is 4.98 Å². The van der Waals surface area contributed by atoms with Crippen LogP contribution in [0.25, 0.3) is 0 Å². The van der Waals surface area contributed by atoms with Crippen molar-refractivity contribution in [3.63, 3.8) is 0 Å². The fourth-order valence-electron chi connectivity index (χ4n) is 0.851. The zero-order chi connectivity index (χ0) is 8.32. The molecule has 0 fully saturated rings. The second kappa shape index (κ2) is 2.98. The number of nitrogens with two attached hydrogens (primary N) is 2. The quantitative estimate of drug-likeness (QED) is 0.635. The summed E-state index contributed by atoms with van der Waals surface area (Å²) in [4.78, 5) is 3.90. The number of hydrogen-bond donors (Lipinski definition) is 2. The lowest BCUT2D eigenvalue weighted by atomic mass is 9.95. The van der Waals surface area contributed by atoms with E-state index in [9.17, 15) is 0 Å². The molecule has 3 nitrogen and oxygen atoms in total. The summed E-state index contributed by atoms with van der Waals surface area (Å²) in [5.74, 6) is 0. The van der Waals surface area contributed by atoms with Gasteiger partial charge in [0.2, 0.25) is 0 Å².